The van der Waals surface area contributed by atoms with E-state index < -0.39 is 17.8 Å². The van der Waals surface area contributed by atoms with Crippen LogP contribution in [-0.2, 0) is 11.8 Å². The van der Waals surface area contributed by atoms with Crippen molar-refractivity contribution in [3.63, 3.8) is 0 Å². The van der Waals surface area contributed by atoms with Crippen LogP contribution >= 0.6 is 0 Å². The Balaban J connectivity index is 2.32. The Morgan fingerprint density at radius 1 is 1.07 bits per heavy atom. The summed E-state index contributed by atoms with van der Waals surface area (Å²) >= 11 is 0. The standard InChI is InChI=1S/C22H19N3O3/c1-14(26)28-22-18-6-4-5-7-19(18)25(2)21(22)20(16(12-23)13-24)15-8-10-17(27-3)11-9-15/h4-11,16,20H,1-3H3. The van der Waals surface area contributed by atoms with Gasteiger partial charge in [-0.3, -0.25) is 4.79 Å². The van der Waals surface area contributed by atoms with Crippen LogP contribution in [0.3, 0.4) is 0 Å². The Kier molecular flexibility index (Phi) is 5.33. The Hall–Kier alpha value is -3.77. The summed E-state index contributed by atoms with van der Waals surface area (Å²) in [5.41, 5.74) is 2.21. The first kappa shape index (κ1) is 19.0. The van der Waals surface area contributed by atoms with Crippen molar-refractivity contribution in [2.45, 2.75) is 12.8 Å². The van der Waals surface area contributed by atoms with Crippen molar-refractivity contribution in [1.82, 2.24) is 4.57 Å². The van der Waals surface area contributed by atoms with Crippen LogP contribution in [0, 0.1) is 28.6 Å². The molecule has 0 saturated carbocycles. The molecule has 28 heavy (non-hydrogen) atoms. The zero-order valence-corrected chi connectivity index (χ0v) is 15.8. The predicted molar refractivity (Wildman–Crippen MR) is 104 cm³/mol. The number of benzene rings is 2. The summed E-state index contributed by atoms with van der Waals surface area (Å²) in [7, 11) is 3.41. The maximum absolute atomic E-state index is 11.8. The molecule has 1 heterocycles. The van der Waals surface area contributed by atoms with Crippen molar-refractivity contribution in [1.29, 1.82) is 10.5 Å². The molecule has 6 nitrogen and oxygen atoms in total. The summed E-state index contributed by atoms with van der Waals surface area (Å²) in [5.74, 6) is -0.984. The summed E-state index contributed by atoms with van der Waals surface area (Å²) in [6, 6.07) is 18.9. The Bertz CT molecular complexity index is 1090. The van der Waals surface area contributed by atoms with E-state index in [2.05, 4.69) is 12.1 Å². The van der Waals surface area contributed by atoms with Gasteiger partial charge in [-0.15, -0.1) is 0 Å². The molecule has 0 saturated heterocycles. The van der Waals surface area contributed by atoms with Gasteiger partial charge in [0.2, 0.25) is 0 Å². The summed E-state index contributed by atoms with van der Waals surface area (Å²) in [4.78, 5) is 11.8. The average molecular weight is 373 g/mol. The molecule has 0 amide bonds. The highest BCUT2D eigenvalue weighted by molar-refractivity contribution is 5.91. The number of esters is 1. The van der Waals surface area contributed by atoms with Gasteiger partial charge in [0.1, 0.15) is 11.7 Å². The molecule has 0 bridgehead atoms. The Morgan fingerprint density at radius 2 is 1.71 bits per heavy atom. The maximum Gasteiger partial charge on any atom is 0.308 e. The van der Waals surface area contributed by atoms with Gasteiger partial charge in [0.05, 0.1) is 36.4 Å². The second-order valence-electron chi connectivity index (χ2n) is 6.37. The third-order valence-electron chi connectivity index (χ3n) is 4.73. The number of nitriles is 2. The van der Waals surface area contributed by atoms with E-state index in [4.69, 9.17) is 9.47 Å². The van der Waals surface area contributed by atoms with Crippen molar-refractivity contribution in [3.8, 4) is 23.6 Å². The number of carbonyl (C=O) groups is 1. The lowest BCUT2D eigenvalue weighted by molar-refractivity contribution is -0.131. The highest BCUT2D eigenvalue weighted by atomic mass is 16.5. The van der Waals surface area contributed by atoms with Crippen molar-refractivity contribution >= 4 is 16.9 Å². The minimum absolute atomic E-state index is 0.377. The molecule has 1 atom stereocenters. The fourth-order valence-electron chi connectivity index (χ4n) is 3.48. The van der Waals surface area contributed by atoms with E-state index in [1.165, 1.54) is 6.92 Å². The van der Waals surface area contributed by atoms with Crippen LogP contribution in [-0.4, -0.2) is 17.6 Å². The molecule has 140 valence electrons. The van der Waals surface area contributed by atoms with E-state index in [0.717, 1.165) is 16.5 Å². The van der Waals surface area contributed by atoms with Gasteiger partial charge in [0, 0.05) is 19.4 Å². The second-order valence-corrected chi connectivity index (χ2v) is 6.37. The molecule has 6 heteroatoms. The highest BCUT2D eigenvalue weighted by Gasteiger charge is 2.33. The van der Waals surface area contributed by atoms with Gasteiger partial charge < -0.3 is 14.0 Å². The van der Waals surface area contributed by atoms with Gasteiger partial charge in [0.15, 0.2) is 5.75 Å². The zero-order valence-electron chi connectivity index (χ0n) is 15.8. The quantitative estimate of drug-likeness (QED) is 0.633. The van der Waals surface area contributed by atoms with Gasteiger partial charge in [-0.25, -0.2) is 0 Å². The number of aryl methyl sites for hydroxylation is 1. The third kappa shape index (κ3) is 3.28. The van der Waals surface area contributed by atoms with E-state index in [9.17, 15) is 15.3 Å². The molecule has 0 radical (unpaired) electrons. The van der Waals surface area contributed by atoms with E-state index in [1.54, 1.807) is 19.2 Å². The lowest BCUT2D eigenvalue weighted by Gasteiger charge is -2.21. The van der Waals surface area contributed by atoms with Gasteiger partial charge >= 0.3 is 5.97 Å². The molecule has 0 fully saturated rings. The number of hydrogen-bond donors (Lipinski definition) is 0. The molecule has 1 aromatic heterocycles. The molecule has 0 aliphatic rings. The topological polar surface area (TPSA) is 88.0 Å². The molecular weight excluding hydrogens is 354 g/mol. The number of carbonyl (C=O) groups excluding carboxylic acids is 1. The molecule has 3 rings (SSSR count). The van der Waals surface area contributed by atoms with Crippen LogP contribution in [0.25, 0.3) is 10.9 Å². The maximum atomic E-state index is 11.8. The number of para-hydroxylation sites is 1. The molecule has 0 N–H and O–H groups in total. The Labute approximate surface area is 163 Å². The molecule has 2 aromatic carbocycles. The third-order valence-corrected chi connectivity index (χ3v) is 4.73. The van der Waals surface area contributed by atoms with Crippen molar-refractivity contribution in [3.05, 3.63) is 59.8 Å². The average Bonchev–Trinajstić information content (AvgIpc) is 2.98. The van der Waals surface area contributed by atoms with Crippen LogP contribution in [0.1, 0.15) is 24.1 Å². The van der Waals surface area contributed by atoms with Crippen LogP contribution < -0.4 is 9.47 Å². The summed E-state index contributed by atoms with van der Waals surface area (Å²) in [6.45, 7) is 1.33. The smallest absolute Gasteiger partial charge is 0.308 e. The summed E-state index contributed by atoms with van der Waals surface area (Å²) in [6.07, 6.45) is 0. The predicted octanol–water partition coefficient (Wildman–Crippen LogP) is 3.91. The van der Waals surface area contributed by atoms with Crippen molar-refractivity contribution in [2.24, 2.45) is 13.0 Å². The number of hydrogen-bond acceptors (Lipinski definition) is 5. The number of fused-ring (bicyclic) bond motifs is 1. The normalized spacial score (nSPS) is 11.6. The van der Waals surface area contributed by atoms with Crippen LogP contribution in [0.2, 0.25) is 0 Å². The number of nitrogens with zero attached hydrogens (tertiary/aromatic N) is 3. The van der Waals surface area contributed by atoms with E-state index in [-0.39, 0.29) is 0 Å². The van der Waals surface area contributed by atoms with Crippen molar-refractivity contribution < 1.29 is 14.3 Å². The first-order valence-corrected chi connectivity index (χ1v) is 8.70. The van der Waals surface area contributed by atoms with E-state index >= 15 is 0 Å². The fourth-order valence-corrected chi connectivity index (χ4v) is 3.48. The van der Waals surface area contributed by atoms with Gasteiger partial charge in [-0.2, -0.15) is 10.5 Å². The van der Waals surface area contributed by atoms with Crippen molar-refractivity contribution in [2.75, 3.05) is 7.11 Å². The fraction of sp³-hybridized carbons (Fsp3) is 0.227. The lowest BCUT2D eigenvalue weighted by Crippen LogP contribution is -2.17. The van der Waals surface area contributed by atoms with Gasteiger partial charge in [-0.05, 0) is 29.8 Å². The number of aromatic nitrogens is 1. The minimum Gasteiger partial charge on any atom is -0.497 e. The molecule has 3 aromatic rings. The summed E-state index contributed by atoms with van der Waals surface area (Å²) < 4.78 is 12.7. The van der Waals surface area contributed by atoms with Crippen LogP contribution in [0.15, 0.2) is 48.5 Å². The first-order valence-electron chi connectivity index (χ1n) is 8.70. The van der Waals surface area contributed by atoms with E-state index in [0.29, 0.717) is 17.2 Å². The molecule has 0 aliphatic heterocycles. The monoisotopic (exact) mass is 373 g/mol. The SMILES string of the molecule is COc1ccc(C(c2c(OC(C)=O)c3ccccc3n2C)C(C#N)C#N)cc1. The minimum atomic E-state index is -0.967. The summed E-state index contributed by atoms with van der Waals surface area (Å²) in [5, 5.41) is 20.0. The van der Waals surface area contributed by atoms with Gasteiger partial charge in [-0.1, -0.05) is 24.3 Å². The number of methoxy groups -OCH3 is 1. The largest absolute Gasteiger partial charge is 0.497 e. The van der Waals surface area contributed by atoms with E-state index in [1.807, 2.05) is 48.0 Å². The van der Waals surface area contributed by atoms with Crippen LogP contribution in [0.5, 0.6) is 11.5 Å². The molecule has 0 spiro atoms. The lowest BCUT2D eigenvalue weighted by atomic mass is 9.84. The second kappa shape index (κ2) is 7.85. The van der Waals surface area contributed by atoms with Gasteiger partial charge in [0.25, 0.3) is 0 Å². The molecular formula is C22H19N3O3. The highest BCUT2D eigenvalue weighted by Crippen LogP contribution is 2.43. The first-order chi connectivity index (χ1) is 13.5. The zero-order chi connectivity index (χ0) is 20.3. The number of ether oxygens (including phenoxy) is 2. The van der Waals surface area contributed by atoms with Crippen LogP contribution in [0.4, 0.5) is 0 Å². The molecule has 0 aliphatic carbocycles. The Morgan fingerprint density at radius 3 is 2.29 bits per heavy atom. The number of rotatable bonds is 5. The molecule has 1 unspecified atom stereocenters.